The lowest BCUT2D eigenvalue weighted by Gasteiger charge is -2.36. The van der Waals surface area contributed by atoms with E-state index in [0.29, 0.717) is 5.52 Å². The quantitative estimate of drug-likeness (QED) is 0.663. The van der Waals surface area contributed by atoms with E-state index >= 15 is 0 Å². The van der Waals surface area contributed by atoms with Crippen LogP contribution in [0.15, 0.2) is 42.5 Å². The van der Waals surface area contributed by atoms with Crippen molar-refractivity contribution >= 4 is 28.2 Å². The second-order valence-electron chi connectivity index (χ2n) is 8.54. The monoisotopic (exact) mass is 434 g/mol. The van der Waals surface area contributed by atoms with Gasteiger partial charge in [0.1, 0.15) is 11.6 Å². The molecule has 3 aromatic rings. The second kappa shape index (κ2) is 8.74. The van der Waals surface area contributed by atoms with Crippen LogP contribution in [0.2, 0.25) is 0 Å². The third kappa shape index (κ3) is 4.39. The SMILES string of the molecule is Cc1ccc2c(N3CCN(CCCc4ccc5c(c4)NC(=O)CO5)CC3)cc(F)cc2n1. The predicted molar refractivity (Wildman–Crippen MR) is 124 cm³/mol. The largest absolute Gasteiger partial charge is 0.482 e. The number of piperazine rings is 1. The molecule has 1 aromatic heterocycles. The third-order valence-electron chi connectivity index (χ3n) is 6.22. The molecular weight excluding hydrogens is 407 g/mol. The fourth-order valence-corrected chi connectivity index (χ4v) is 4.55. The van der Waals surface area contributed by atoms with Crippen molar-refractivity contribution in [2.24, 2.45) is 0 Å². The number of nitrogens with one attached hydrogen (secondary N) is 1. The van der Waals surface area contributed by atoms with E-state index in [-0.39, 0.29) is 18.3 Å². The molecule has 0 bridgehead atoms. The van der Waals surface area contributed by atoms with Crippen LogP contribution in [0, 0.1) is 12.7 Å². The molecule has 5 rings (SSSR count). The van der Waals surface area contributed by atoms with Crippen molar-refractivity contribution < 1.29 is 13.9 Å². The molecule has 3 heterocycles. The number of rotatable bonds is 5. The van der Waals surface area contributed by atoms with Gasteiger partial charge >= 0.3 is 0 Å². The number of nitrogens with zero attached hydrogens (tertiary/aromatic N) is 3. The van der Waals surface area contributed by atoms with Crippen LogP contribution in [-0.4, -0.2) is 55.1 Å². The summed E-state index contributed by atoms with van der Waals surface area (Å²) in [5.41, 5.74) is 4.51. The fourth-order valence-electron chi connectivity index (χ4n) is 4.55. The van der Waals surface area contributed by atoms with Crippen LogP contribution in [-0.2, 0) is 11.2 Å². The first-order valence-electron chi connectivity index (χ1n) is 11.1. The van der Waals surface area contributed by atoms with E-state index in [1.807, 2.05) is 31.2 Å². The Labute approximate surface area is 187 Å². The van der Waals surface area contributed by atoms with Crippen LogP contribution >= 0.6 is 0 Å². The Hall–Kier alpha value is -3.19. The summed E-state index contributed by atoms with van der Waals surface area (Å²) in [6, 6.07) is 13.2. The molecule has 0 radical (unpaired) electrons. The number of hydrogen-bond donors (Lipinski definition) is 1. The molecule has 166 valence electrons. The summed E-state index contributed by atoms with van der Waals surface area (Å²) in [4.78, 5) is 20.8. The lowest BCUT2D eigenvalue weighted by molar-refractivity contribution is -0.118. The zero-order chi connectivity index (χ0) is 22.1. The number of pyridine rings is 1. The van der Waals surface area contributed by atoms with Crippen molar-refractivity contribution in [2.75, 3.05) is 49.5 Å². The summed E-state index contributed by atoms with van der Waals surface area (Å²) in [5, 5.41) is 3.88. The number of aryl methyl sites for hydroxylation is 2. The van der Waals surface area contributed by atoms with Crippen LogP contribution < -0.4 is 15.0 Å². The van der Waals surface area contributed by atoms with Gasteiger partial charge in [-0.05, 0) is 62.2 Å². The van der Waals surface area contributed by atoms with Crippen molar-refractivity contribution in [1.29, 1.82) is 0 Å². The van der Waals surface area contributed by atoms with Gasteiger partial charge in [0.2, 0.25) is 0 Å². The van der Waals surface area contributed by atoms with Crippen molar-refractivity contribution in [3.05, 3.63) is 59.5 Å². The number of anilines is 2. The van der Waals surface area contributed by atoms with Gasteiger partial charge in [0, 0.05) is 49.0 Å². The third-order valence-corrected chi connectivity index (χ3v) is 6.22. The first-order valence-corrected chi connectivity index (χ1v) is 11.1. The van der Waals surface area contributed by atoms with Crippen LogP contribution in [0.1, 0.15) is 17.7 Å². The van der Waals surface area contributed by atoms with E-state index in [4.69, 9.17) is 4.74 Å². The predicted octanol–water partition coefficient (Wildman–Crippen LogP) is 3.77. The molecule has 32 heavy (non-hydrogen) atoms. The van der Waals surface area contributed by atoms with Gasteiger partial charge in [-0.3, -0.25) is 14.7 Å². The Bertz CT molecular complexity index is 1150. The smallest absolute Gasteiger partial charge is 0.262 e. The summed E-state index contributed by atoms with van der Waals surface area (Å²) < 4.78 is 19.6. The van der Waals surface area contributed by atoms with Gasteiger partial charge in [-0.1, -0.05) is 6.07 Å². The Kier molecular flexibility index (Phi) is 5.66. The Morgan fingerprint density at radius 1 is 1.09 bits per heavy atom. The highest BCUT2D eigenvalue weighted by molar-refractivity contribution is 5.95. The summed E-state index contributed by atoms with van der Waals surface area (Å²) in [6.07, 6.45) is 1.99. The van der Waals surface area contributed by atoms with Crippen LogP contribution in [0.5, 0.6) is 5.75 Å². The topological polar surface area (TPSA) is 57.7 Å². The Balaban J connectivity index is 1.16. The standard InChI is InChI=1S/C25H27FN4O2/c1-17-4-6-20-21(27-17)14-19(26)15-23(20)30-11-9-29(10-12-30)8-2-3-18-5-7-24-22(13-18)28-25(31)16-32-24/h4-7,13-15H,2-3,8-12,16H2,1H3,(H,28,31). The number of aromatic nitrogens is 1. The molecule has 0 unspecified atom stereocenters. The highest BCUT2D eigenvalue weighted by atomic mass is 19.1. The number of hydrogen-bond acceptors (Lipinski definition) is 5. The number of halogens is 1. The van der Waals surface area contributed by atoms with Crippen LogP contribution in [0.4, 0.5) is 15.8 Å². The van der Waals surface area contributed by atoms with Crippen molar-refractivity contribution in [3.8, 4) is 5.75 Å². The van der Waals surface area contributed by atoms with Gasteiger partial charge in [-0.25, -0.2) is 4.39 Å². The molecule has 0 aliphatic carbocycles. The minimum absolute atomic E-state index is 0.0832. The molecular formula is C25H27FN4O2. The normalized spacial score (nSPS) is 16.6. The number of carbonyl (C=O) groups is 1. The molecule has 0 spiro atoms. The van der Waals surface area contributed by atoms with E-state index in [1.165, 1.54) is 11.6 Å². The first-order chi connectivity index (χ1) is 15.5. The summed E-state index contributed by atoms with van der Waals surface area (Å²) >= 11 is 0. The Morgan fingerprint density at radius 2 is 1.94 bits per heavy atom. The highest BCUT2D eigenvalue weighted by Gasteiger charge is 2.20. The average molecular weight is 435 g/mol. The molecule has 6 nitrogen and oxygen atoms in total. The lowest BCUT2D eigenvalue weighted by Crippen LogP contribution is -2.46. The summed E-state index contributed by atoms with van der Waals surface area (Å²) in [6.45, 7) is 6.66. The average Bonchev–Trinajstić information content (AvgIpc) is 2.78. The number of ether oxygens (including phenoxy) is 1. The van der Waals surface area contributed by atoms with E-state index in [2.05, 4.69) is 26.2 Å². The minimum Gasteiger partial charge on any atom is -0.482 e. The van der Waals surface area contributed by atoms with E-state index < -0.39 is 0 Å². The van der Waals surface area contributed by atoms with Crippen molar-refractivity contribution in [3.63, 3.8) is 0 Å². The molecule has 0 saturated carbocycles. The fraction of sp³-hybridized carbons (Fsp3) is 0.360. The maximum Gasteiger partial charge on any atom is 0.262 e. The van der Waals surface area contributed by atoms with Gasteiger partial charge in [0.25, 0.3) is 5.91 Å². The number of carbonyl (C=O) groups excluding carboxylic acids is 1. The minimum atomic E-state index is -0.236. The molecule has 2 aliphatic heterocycles. The number of fused-ring (bicyclic) bond motifs is 2. The zero-order valence-corrected chi connectivity index (χ0v) is 18.2. The van der Waals surface area contributed by atoms with Gasteiger partial charge in [0.15, 0.2) is 6.61 Å². The molecule has 1 amide bonds. The van der Waals surface area contributed by atoms with E-state index in [1.54, 1.807) is 6.07 Å². The molecule has 1 fully saturated rings. The zero-order valence-electron chi connectivity index (χ0n) is 18.2. The van der Waals surface area contributed by atoms with Gasteiger partial charge in [-0.15, -0.1) is 0 Å². The first kappa shape index (κ1) is 20.7. The van der Waals surface area contributed by atoms with Crippen LogP contribution in [0.25, 0.3) is 10.9 Å². The Morgan fingerprint density at radius 3 is 2.78 bits per heavy atom. The number of benzene rings is 2. The maximum atomic E-state index is 14.2. The molecule has 0 atom stereocenters. The molecule has 2 aromatic carbocycles. The molecule has 7 heteroatoms. The van der Waals surface area contributed by atoms with Gasteiger partial charge < -0.3 is 15.0 Å². The van der Waals surface area contributed by atoms with E-state index in [0.717, 1.165) is 73.8 Å². The summed E-state index contributed by atoms with van der Waals surface area (Å²) in [5.74, 6) is 0.392. The molecule has 2 aliphatic rings. The van der Waals surface area contributed by atoms with Gasteiger partial charge in [-0.2, -0.15) is 0 Å². The second-order valence-corrected chi connectivity index (χ2v) is 8.54. The maximum absolute atomic E-state index is 14.2. The van der Waals surface area contributed by atoms with Crippen molar-refractivity contribution in [2.45, 2.75) is 19.8 Å². The lowest BCUT2D eigenvalue weighted by atomic mass is 10.1. The highest BCUT2D eigenvalue weighted by Crippen LogP contribution is 2.30. The molecule has 1 saturated heterocycles. The molecule has 1 N–H and O–H groups in total. The van der Waals surface area contributed by atoms with E-state index in [9.17, 15) is 9.18 Å². The summed E-state index contributed by atoms with van der Waals surface area (Å²) in [7, 11) is 0. The van der Waals surface area contributed by atoms with Gasteiger partial charge in [0.05, 0.1) is 11.2 Å². The number of amides is 1. The van der Waals surface area contributed by atoms with Crippen molar-refractivity contribution in [1.82, 2.24) is 9.88 Å². The van der Waals surface area contributed by atoms with Crippen LogP contribution in [0.3, 0.4) is 0 Å².